The van der Waals surface area contributed by atoms with Gasteiger partial charge in [-0.2, -0.15) is 5.10 Å². The molecule has 0 aliphatic carbocycles. The Morgan fingerprint density at radius 3 is 2.83 bits per heavy atom. The first-order valence-corrected chi connectivity index (χ1v) is 9.57. The Hall–Kier alpha value is -3.68. The lowest BCUT2D eigenvalue weighted by Crippen LogP contribution is -2.34. The molecule has 0 saturated carbocycles. The molecule has 0 fully saturated rings. The summed E-state index contributed by atoms with van der Waals surface area (Å²) in [6, 6.07) is 13.2. The molecule has 0 unspecified atom stereocenters. The molecule has 0 spiro atoms. The zero-order valence-corrected chi connectivity index (χ0v) is 16.0. The van der Waals surface area contributed by atoms with Crippen molar-refractivity contribution in [3.8, 4) is 11.5 Å². The number of para-hydroxylation sites is 2. The molecule has 4 aromatic rings. The van der Waals surface area contributed by atoms with Gasteiger partial charge in [0, 0.05) is 26.3 Å². The topological polar surface area (TPSA) is 88.8 Å². The summed E-state index contributed by atoms with van der Waals surface area (Å²) in [6.07, 6.45) is 2.30. The minimum absolute atomic E-state index is 0.163. The largest absolute Gasteiger partial charge is 0.333 e. The van der Waals surface area contributed by atoms with Crippen molar-refractivity contribution in [3.05, 3.63) is 70.3 Å². The van der Waals surface area contributed by atoms with Crippen molar-refractivity contribution < 1.29 is 4.79 Å². The van der Waals surface area contributed by atoms with Crippen LogP contribution in [0.4, 0.5) is 0 Å². The summed E-state index contributed by atoms with van der Waals surface area (Å²) in [5.41, 5.74) is 3.49. The van der Waals surface area contributed by atoms with E-state index in [1.54, 1.807) is 17.0 Å². The van der Waals surface area contributed by atoms with Crippen molar-refractivity contribution in [2.75, 3.05) is 6.54 Å². The number of aromatic nitrogens is 5. The number of rotatable bonds is 2. The molecular formula is C21H20N6O2. The molecular weight excluding hydrogens is 368 g/mol. The van der Waals surface area contributed by atoms with E-state index in [0.717, 1.165) is 34.7 Å². The quantitative estimate of drug-likeness (QED) is 0.570. The van der Waals surface area contributed by atoms with Crippen LogP contribution in [-0.2, 0) is 20.1 Å². The molecule has 4 heterocycles. The molecule has 8 nitrogen and oxygen atoms in total. The van der Waals surface area contributed by atoms with Gasteiger partial charge in [-0.25, -0.2) is 4.98 Å². The number of aromatic amines is 1. The second-order valence-electron chi connectivity index (χ2n) is 7.22. The molecule has 1 aromatic carbocycles. The number of amides is 1. The smallest absolute Gasteiger partial charge is 0.260 e. The summed E-state index contributed by atoms with van der Waals surface area (Å²) < 4.78 is 3.97. The van der Waals surface area contributed by atoms with E-state index in [0.29, 0.717) is 19.6 Å². The van der Waals surface area contributed by atoms with E-state index in [4.69, 9.17) is 10.1 Å². The first-order chi connectivity index (χ1) is 14.1. The highest BCUT2D eigenvalue weighted by Crippen LogP contribution is 2.25. The molecule has 146 valence electrons. The predicted octanol–water partition coefficient (Wildman–Crippen LogP) is 2.17. The maximum Gasteiger partial charge on any atom is 0.260 e. The molecule has 1 amide bonds. The Morgan fingerprint density at radius 1 is 1.14 bits per heavy atom. The van der Waals surface area contributed by atoms with Gasteiger partial charge in [0.1, 0.15) is 11.3 Å². The fourth-order valence-corrected chi connectivity index (χ4v) is 3.88. The number of carbonyl (C=O) groups is 1. The molecule has 0 bridgehead atoms. The first kappa shape index (κ1) is 17.4. The third-order valence-corrected chi connectivity index (χ3v) is 5.37. The standard InChI is InChI=1S/C21H20N6O2/c1-25-18-8-3-2-7-16(18)23-19(25)17-12-14-13-26(10-5-11-27(14)24-17)21(29)15-6-4-9-22-20(15)28/h2-4,6-9,12H,5,10-11,13H2,1H3,(H,22,28). The van der Waals surface area contributed by atoms with Crippen LogP contribution in [0.25, 0.3) is 22.6 Å². The number of fused-ring (bicyclic) bond motifs is 2. The van der Waals surface area contributed by atoms with Crippen LogP contribution in [-0.4, -0.2) is 41.7 Å². The van der Waals surface area contributed by atoms with E-state index in [9.17, 15) is 9.59 Å². The van der Waals surface area contributed by atoms with Gasteiger partial charge in [0.05, 0.1) is 23.3 Å². The zero-order valence-electron chi connectivity index (χ0n) is 16.0. The van der Waals surface area contributed by atoms with Crippen LogP contribution in [0.3, 0.4) is 0 Å². The van der Waals surface area contributed by atoms with Gasteiger partial charge < -0.3 is 14.5 Å². The molecule has 1 N–H and O–H groups in total. The van der Waals surface area contributed by atoms with Crippen LogP contribution in [0.5, 0.6) is 0 Å². The highest BCUT2D eigenvalue weighted by Gasteiger charge is 2.24. The molecule has 29 heavy (non-hydrogen) atoms. The second kappa shape index (κ2) is 6.73. The first-order valence-electron chi connectivity index (χ1n) is 9.57. The van der Waals surface area contributed by atoms with E-state index < -0.39 is 0 Å². The highest BCUT2D eigenvalue weighted by molar-refractivity contribution is 5.93. The minimum atomic E-state index is -0.365. The van der Waals surface area contributed by atoms with Crippen molar-refractivity contribution in [2.45, 2.75) is 19.5 Å². The normalized spacial score (nSPS) is 14.0. The molecule has 3 aromatic heterocycles. The van der Waals surface area contributed by atoms with E-state index in [1.165, 1.54) is 6.20 Å². The zero-order chi connectivity index (χ0) is 20.0. The highest BCUT2D eigenvalue weighted by atomic mass is 16.2. The molecule has 1 aliphatic heterocycles. The van der Waals surface area contributed by atoms with Crippen molar-refractivity contribution >= 4 is 16.9 Å². The van der Waals surface area contributed by atoms with Crippen molar-refractivity contribution in [2.24, 2.45) is 7.05 Å². The van der Waals surface area contributed by atoms with E-state index in [1.807, 2.05) is 46.6 Å². The number of imidazole rings is 1. The van der Waals surface area contributed by atoms with E-state index >= 15 is 0 Å². The minimum Gasteiger partial charge on any atom is -0.333 e. The van der Waals surface area contributed by atoms with Gasteiger partial charge in [-0.3, -0.25) is 14.3 Å². The maximum atomic E-state index is 12.9. The third kappa shape index (κ3) is 2.93. The van der Waals surface area contributed by atoms with Crippen LogP contribution in [0.2, 0.25) is 0 Å². The van der Waals surface area contributed by atoms with Gasteiger partial charge >= 0.3 is 0 Å². The van der Waals surface area contributed by atoms with E-state index in [-0.39, 0.29) is 17.0 Å². The summed E-state index contributed by atoms with van der Waals surface area (Å²) in [6.45, 7) is 1.70. The maximum absolute atomic E-state index is 12.9. The van der Waals surface area contributed by atoms with Gasteiger partial charge in [0.2, 0.25) is 0 Å². The third-order valence-electron chi connectivity index (χ3n) is 5.37. The number of aryl methyl sites for hydroxylation is 2. The van der Waals surface area contributed by atoms with Crippen LogP contribution in [0.1, 0.15) is 22.5 Å². The molecule has 5 rings (SSSR count). The van der Waals surface area contributed by atoms with Crippen LogP contribution in [0, 0.1) is 0 Å². The van der Waals surface area contributed by atoms with Crippen molar-refractivity contribution in [1.82, 2.24) is 29.2 Å². The van der Waals surface area contributed by atoms with Crippen molar-refractivity contribution in [3.63, 3.8) is 0 Å². The Balaban J connectivity index is 1.49. The fourth-order valence-electron chi connectivity index (χ4n) is 3.88. The number of hydrogen-bond acceptors (Lipinski definition) is 4. The summed E-state index contributed by atoms with van der Waals surface area (Å²) >= 11 is 0. The van der Waals surface area contributed by atoms with Crippen LogP contribution >= 0.6 is 0 Å². The molecule has 0 atom stereocenters. The van der Waals surface area contributed by atoms with Crippen LogP contribution in [0.15, 0.2) is 53.5 Å². The fraction of sp³-hybridized carbons (Fsp3) is 0.238. The number of H-pyrrole nitrogens is 1. The summed E-state index contributed by atoms with van der Waals surface area (Å²) in [7, 11) is 1.98. The van der Waals surface area contributed by atoms with E-state index in [2.05, 4.69) is 4.98 Å². The Morgan fingerprint density at radius 2 is 2.00 bits per heavy atom. The number of pyridine rings is 1. The average Bonchev–Trinajstić information content (AvgIpc) is 3.22. The number of nitrogens with zero attached hydrogens (tertiary/aromatic N) is 5. The average molecular weight is 388 g/mol. The molecule has 1 aliphatic rings. The SMILES string of the molecule is Cn1c(-c2cc3n(n2)CCCN(C(=O)c2ccc[nH]c2=O)C3)nc2ccccc21. The molecule has 0 saturated heterocycles. The molecule has 8 heteroatoms. The number of hydrogen-bond donors (Lipinski definition) is 1. The Kier molecular flexibility index (Phi) is 4.04. The van der Waals surface area contributed by atoms with Gasteiger partial charge in [0.15, 0.2) is 5.82 Å². The lowest BCUT2D eigenvalue weighted by atomic mass is 10.2. The Labute approximate surface area is 166 Å². The van der Waals surface area contributed by atoms with Gasteiger partial charge in [-0.05, 0) is 36.8 Å². The Bertz CT molecular complexity index is 1280. The van der Waals surface area contributed by atoms with Crippen LogP contribution < -0.4 is 5.56 Å². The summed E-state index contributed by atoms with van der Waals surface area (Å²) in [5, 5.41) is 4.75. The number of benzene rings is 1. The van der Waals surface area contributed by atoms with Gasteiger partial charge in [-0.15, -0.1) is 0 Å². The lowest BCUT2D eigenvalue weighted by molar-refractivity contribution is 0.0744. The number of carbonyl (C=O) groups excluding carboxylic acids is 1. The lowest BCUT2D eigenvalue weighted by Gasteiger charge is -2.19. The van der Waals surface area contributed by atoms with Gasteiger partial charge in [0.25, 0.3) is 11.5 Å². The number of nitrogens with one attached hydrogen (secondary N) is 1. The second-order valence-corrected chi connectivity index (χ2v) is 7.22. The van der Waals surface area contributed by atoms with Gasteiger partial charge in [-0.1, -0.05) is 12.1 Å². The predicted molar refractivity (Wildman–Crippen MR) is 108 cm³/mol. The van der Waals surface area contributed by atoms with Crippen molar-refractivity contribution in [1.29, 1.82) is 0 Å². The summed E-state index contributed by atoms with van der Waals surface area (Å²) in [4.78, 5) is 33.9. The molecule has 0 radical (unpaired) electrons. The monoisotopic (exact) mass is 388 g/mol. The summed E-state index contributed by atoms with van der Waals surface area (Å²) in [5.74, 6) is 0.537.